The maximum Gasteiger partial charge on any atom is 0.185 e. The molecule has 1 atom stereocenters. The van der Waals surface area contributed by atoms with Crippen molar-refractivity contribution in [2.75, 3.05) is 13.2 Å². The first kappa shape index (κ1) is 10.2. The maximum atomic E-state index is 8.53. The summed E-state index contributed by atoms with van der Waals surface area (Å²) in [7, 11) is 0. The Morgan fingerprint density at radius 2 is 2.09 bits per heavy atom. The third-order valence-corrected chi connectivity index (χ3v) is 1.26. The van der Waals surface area contributed by atoms with Gasteiger partial charge >= 0.3 is 0 Å². The SMILES string of the molecule is NC(N)=NCCC[C@@H](N)CO. The second-order valence-corrected chi connectivity index (χ2v) is 2.39. The Kier molecular flexibility index (Phi) is 5.50. The van der Waals surface area contributed by atoms with Crippen LogP contribution in [-0.4, -0.2) is 30.3 Å². The standard InChI is InChI=1S/C6H16N4O/c7-5(4-11)2-1-3-10-6(8)9/h5,11H,1-4,7H2,(H4,8,9,10)/t5-/m1/s1. The molecule has 0 unspecified atom stereocenters. The van der Waals surface area contributed by atoms with Gasteiger partial charge in [0.25, 0.3) is 0 Å². The number of hydrogen-bond donors (Lipinski definition) is 4. The van der Waals surface area contributed by atoms with Gasteiger partial charge in [-0.2, -0.15) is 0 Å². The first-order chi connectivity index (χ1) is 5.16. The Bertz CT molecular complexity index is 122. The van der Waals surface area contributed by atoms with E-state index < -0.39 is 0 Å². The van der Waals surface area contributed by atoms with Crippen LogP contribution in [0.5, 0.6) is 0 Å². The predicted molar refractivity (Wildman–Crippen MR) is 45.0 cm³/mol. The zero-order valence-electron chi connectivity index (χ0n) is 6.53. The summed E-state index contributed by atoms with van der Waals surface area (Å²) in [5.74, 6) is 0.0996. The van der Waals surface area contributed by atoms with E-state index in [1.807, 2.05) is 0 Å². The highest BCUT2D eigenvalue weighted by atomic mass is 16.3. The Labute approximate surface area is 66.3 Å². The van der Waals surface area contributed by atoms with Crippen molar-refractivity contribution in [2.45, 2.75) is 18.9 Å². The van der Waals surface area contributed by atoms with Crippen molar-refractivity contribution in [1.29, 1.82) is 0 Å². The summed E-state index contributed by atoms with van der Waals surface area (Å²) in [6.07, 6.45) is 1.55. The van der Waals surface area contributed by atoms with E-state index in [9.17, 15) is 0 Å². The first-order valence-corrected chi connectivity index (χ1v) is 3.58. The molecule has 0 radical (unpaired) electrons. The molecule has 0 saturated carbocycles. The molecule has 7 N–H and O–H groups in total. The highest BCUT2D eigenvalue weighted by molar-refractivity contribution is 5.75. The number of aliphatic hydroxyl groups is 1. The van der Waals surface area contributed by atoms with Crippen LogP contribution in [0.4, 0.5) is 0 Å². The van der Waals surface area contributed by atoms with E-state index >= 15 is 0 Å². The zero-order valence-corrected chi connectivity index (χ0v) is 6.53. The van der Waals surface area contributed by atoms with Crippen molar-refractivity contribution in [1.82, 2.24) is 0 Å². The van der Waals surface area contributed by atoms with Crippen LogP contribution in [-0.2, 0) is 0 Å². The lowest BCUT2D eigenvalue weighted by Gasteiger charge is -2.04. The van der Waals surface area contributed by atoms with Gasteiger partial charge in [0.05, 0.1) is 6.61 Å². The minimum atomic E-state index is -0.149. The summed E-state index contributed by atoms with van der Waals surface area (Å²) in [6, 6.07) is -0.149. The van der Waals surface area contributed by atoms with Crippen LogP contribution in [0, 0.1) is 0 Å². The van der Waals surface area contributed by atoms with Crippen LogP contribution in [0.25, 0.3) is 0 Å². The van der Waals surface area contributed by atoms with Crippen molar-refractivity contribution in [2.24, 2.45) is 22.2 Å². The number of nitrogens with two attached hydrogens (primary N) is 3. The van der Waals surface area contributed by atoms with Crippen LogP contribution in [0.2, 0.25) is 0 Å². The largest absolute Gasteiger partial charge is 0.395 e. The summed E-state index contributed by atoms with van der Waals surface area (Å²) >= 11 is 0. The van der Waals surface area contributed by atoms with Crippen molar-refractivity contribution in [3.8, 4) is 0 Å². The Hall–Kier alpha value is -0.810. The second-order valence-electron chi connectivity index (χ2n) is 2.39. The van der Waals surface area contributed by atoms with Crippen molar-refractivity contribution in [3.63, 3.8) is 0 Å². The van der Waals surface area contributed by atoms with Gasteiger partial charge in [-0.25, -0.2) is 0 Å². The Morgan fingerprint density at radius 1 is 1.45 bits per heavy atom. The number of rotatable bonds is 5. The van der Waals surface area contributed by atoms with E-state index in [1.54, 1.807) is 0 Å². The smallest absolute Gasteiger partial charge is 0.185 e. The fourth-order valence-electron chi connectivity index (χ4n) is 0.653. The highest BCUT2D eigenvalue weighted by Crippen LogP contribution is 1.93. The number of hydrogen-bond acceptors (Lipinski definition) is 3. The lowest BCUT2D eigenvalue weighted by atomic mass is 10.2. The molecule has 5 nitrogen and oxygen atoms in total. The van der Waals surface area contributed by atoms with Gasteiger partial charge in [-0.15, -0.1) is 0 Å². The molecule has 0 aromatic rings. The maximum absolute atomic E-state index is 8.53. The molecule has 66 valence electrons. The average molecular weight is 160 g/mol. The van der Waals surface area contributed by atoms with E-state index in [2.05, 4.69) is 4.99 Å². The number of aliphatic imine (C=N–C) groups is 1. The lowest BCUT2D eigenvalue weighted by Crippen LogP contribution is -2.25. The molecule has 0 saturated heterocycles. The summed E-state index contributed by atoms with van der Waals surface area (Å²) in [5.41, 5.74) is 15.6. The van der Waals surface area contributed by atoms with E-state index in [4.69, 9.17) is 22.3 Å². The van der Waals surface area contributed by atoms with Crippen molar-refractivity contribution in [3.05, 3.63) is 0 Å². The van der Waals surface area contributed by atoms with Crippen molar-refractivity contribution < 1.29 is 5.11 Å². The molecule has 5 heteroatoms. The summed E-state index contributed by atoms with van der Waals surface area (Å²) in [4.78, 5) is 3.77. The molecule has 0 spiro atoms. The average Bonchev–Trinajstić information content (AvgIpc) is 1.97. The van der Waals surface area contributed by atoms with Crippen LogP contribution in [0.15, 0.2) is 4.99 Å². The van der Waals surface area contributed by atoms with E-state index in [0.717, 1.165) is 12.8 Å². The van der Waals surface area contributed by atoms with E-state index in [-0.39, 0.29) is 18.6 Å². The highest BCUT2D eigenvalue weighted by Gasteiger charge is 1.97. The van der Waals surface area contributed by atoms with E-state index in [1.165, 1.54) is 0 Å². The Morgan fingerprint density at radius 3 is 2.55 bits per heavy atom. The van der Waals surface area contributed by atoms with Gasteiger partial charge in [0, 0.05) is 12.6 Å². The summed E-state index contributed by atoms with van der Waals surface area (Å²) in [6.45, 7) is 0.595. The second kappa shape index (κ2) is 5.94. The minimum Gasteiger partial charge on any atom is -0.395 e. The molecule has 11 heavy (non-hydrogen) atoms. The normalized spacial score (nSPS) is 12.5. The number of guanidine groups is 1. The third-order valence-electron chi connectivity index (χ3n) is 1.26. The fraction of sp³-hybridized carbons (Fsp3) is 0.833. The molecule has 0 rings (SSSR count). The number of nitrogens with zero attached hydrogens (tertiary/aromatic N) is 1. The predicted octanol–water partition coefficient (Wildman–Crippen LogP) is -1.64. The van der Waals surface area contributed by atoms with Gasteiger partial charge in [-0.1, -0.05) is 0 Å². The minimum absolute atomic E-state index is 0.0157. The topological polar surface area (TPSA) is 111 Å². The van der Waals surface area contributed by atoms with Crippen LogP contribution in [0.1, 0.15) is 12.8 Å². The Balaban J connectivity index is 3.21. The van der Waals surface area contributed by atoms with Gasteiger partial charge in [0.1, 0.15) is 0 Å². The molecule has 0 aromatic heterocycles. The fourth-order valence-corrected chi connectivity index (χ4v) is 0.653. The molecular weight excluding hydrogens is 144 g/mol. The monoisotopic (exact) mass is 160 g/mol. The molecule has 0 aromatic carbocycles. The number of aliphatic hydroxyl groups excluding tert-OH is 1. The molecular formula is C6H16N4O. The molecule has 0 bridgehead atoms. The van der Waals surface area contributed by atoms with Gasteiger partial charge in [-0.05, 0) is 12.8 Å². The van der Waals surface area contributed by atoms with Gasteiger partial charge in [0.15, 0.2) is 5.96 Å². The molecule has 0 aliphatic carbocycles. The first-order valence-electron chi connectivity index (χ1n) is 3.58. The van der Waals surface area contributed by atoms with Crippen LogP contribution >= 0.6 is 0 Å². The zero-order chi connectivity index (χ0) is 8.69. The van der Waals surface area contributed by atoms with Crippen LogP contribution < -0.4 is 17.2 Å². The van der Waals surface area contributed by atoms with Crippen molar-refractivity contribution >= 4 is 5.96 Å². The van der Waals surface area contributed by atoms with Gasteiger partial charge in [-0.3, -0.25) is 4.99 Å². The lowest BCUT2D eigenvalue weighted by molar-refractivity contribution is 0.259. The third kappa shape index (κ3) is 7.08. The summed E-state index contributed by atoms with van der Waals surface area (Å²) < 4.78 is 0. The quantitative estimate of drug-likeness (QED) is 0.219. The molecule has 0 fully saturated rings. The van der Waals surface area contributed by atoms with Crippen LogP contribution in [0.3, 0.4) is 0 Å². The molecule has 0 aliphatic rings. The molecule has 0 heterocycles. The van der Waals surface area contributed by atoms with Gasteiger partial charge < -0.3 is 22.3 Å². The molecule has 0 amide bonds. The molecule has 0 aliphatic heterocycles. The van der Waals surface area contributed by atoms with E-state index in [0.29, 0.717) is 6.54 Å². The van der Waals surface area contributed by atoms with Gasteiger partial charge in [0.2, 0.25) is 0 Å². The summed E-state index contributed by atoms with van der Waals surface area (Å²) in [5, 5.41) is 8.53.